The lowest BCUT2D eigenvalue weighted by atomic mass is 10.1. The van der Waals surface area contributed by atoms with Crippen molar-refractivity contribution < 1.29 is 4.74 Å². The highest BCUT2D eigenvalue weighted by Crippen LogP contribution is 2.38. The molecule has 182 valence electrons. The molecule has 8 heteroatoms. The van der Waals surface area contributed by atoms with Gasteiger partial charge in [0.25, 0.3) is 0 Å². The maximum atomic E-state index is 9.14. The van der Waals surface area contributed by atoms with E-state index in [4.69, 9.17) is 36.3 Å². The number of methoxy groups -OCH3 is 1. The van der Waals surface area contributed by atoms with E-state index in [9.17, 15) is 0 Å². The first kappa shape index (κ1) is 27.0. The van der Waals surface area contributed by atoms with Gasteiger partial charge in [0.2, 0.25) is 0 Å². The second-order valence-electron chi connectivity index (χ2n) is 7.79. The molecule has 0 N–H and O–H groups in total. The van der Waals surface area contributed by atoms with Crippen molar-refractivity contribution >= 4 is 35.3 Å². The number of allylic oxidation sites excluding steroid dienone is 3. The standard InChI is InChI=1S/C31H17N7O/c1-39-31-15-30(11-6-27(31)14-26(20-36)21-37)38(28-7-2-22(3-8-28)12-24(16-32)17-33)29-9-4-23(5-10-29)13-25(18-34)19-35/h2-15H,1H3. The number of rotatable bonds is 7. The van der Waals surface area contributed by atoms with Gasteiger partial charge in [-0.15, -0.1) is 0 Å². The molecular formula is C31H17N7O. The van der Waals surface area contributed by atoms with Crippen molar-refractivity contribution in [2.45, 2.75) is 0 Å². The number of ether oxygens (including phenoxy) is 1. The molecule has 0 aliphatic carbocycles. The van der Waals surface area contributed by atoms with E-state index in [-0.39, 0.29) is 16.7 Å². The fourth-order valence-corrected chi connectivity index (χ4v) is 3.60. The third kappa shape index (κ3) is 6.55. The molecule has 0 heterocycles. The van der Waals surface area contributed by atoms with E-state index in [2.05, 4.69) is 0 Å². The Morgan fingerprint density at radius 1 is 0.564 bits per heavy atom. The van der Waals surface area contributed by atoms with Gasteiger partial charge in [0.1, 0.15) is 58.9 Å². The molecule has 39 heavy (non-hydrogen) atoms. The molecule has 8 nitrogen and oxygen atoms in total. The zero-order valence-electron chi connectivity index (χ0n) is 20.6. The van der Waals surface area contributed by atoms with Crippen LogP contribution in [0.5, 0.6) is 5.75 Å². The Morgan fingerprint density at radius 2 is 0.949 bits per heavy atom. The molecule has 3 aromatic carbocycles. The largest absolute Gasteiger partial charge is 0.496 e. The van der Waals surface area contributed by atoms with Gasteiger partial charge in [-0.1, -0.05) is 24.3 Å². The lowest BCUT2D eigenvalue weighted by Crippen LogP contribution is -2.10. The Hall–Kier alpha value is -6.58. The summed E-state index contributed by atoms with van der Waals surface area (Å²) in [6.45, 7) is 0. The maximum Gasteiger partial charge on any atom is 0.130 e. The van der Waals surface area contributed by atoms with Gasteiger partial charge < -0.3 is 9.64 Å². The molecule has 0 saturated heterocycles. The minimum absolute atomic E-state index is 0.0140. The third-order valence-corrected chi connectivity index (χ3v) is 5.42. The molecule has 0 atom stereocenters. The molecule has 0 fully saturated rings. The maximum absolute atomic E-state index is 9.14. The predicted octanol–water partition coefficient (Wildman–Crippen LogP) is 6.46. The van der Waals surface area contributed by atoms with Crippen LogP contribution in [0.3, 0.4) is 0 Å². The first-order valence-electron chi connectivity index (χ1n) is 11.2. The Bertz CT molecular complexity index is 1600. The van der Waals surface area contributed by atoms with Crippen LogP contribution in [0.1, 0.15) is 16.7 Å². The number of hydrogen-bond acceptors (Lipinski definition) is 8. The number of nitrogens with zero attached hydrogens (tertiary/aromatic N) is 7. The Balaban J connectivity index is 2.16. The molecular weight excluding hydrogens is 486 g/mol. The normalized spacial score (nSPS) is 9.00. The fraction of sp³-hybridized carbons (Fsp3) is 0.0323. The van der Waals surface area contributed by atoms with Crippen LogP contribution in [0.15, 0.2) is 83.4 Å². The Morgan fingerprint density at radius 3 is 1.33 bits per heavy atom. The van der Waals surface area contributed by atoms with Gasteiger partial charge in [0, 0.05) is 28.7 Å². The molecule has 0 aliphatic heterocycles. The SMILES string of the molecule is COc1cc(N(c2ccc(C=C(C#N)C#N)cc2)c2ccc(C=C(C#N)C#N)cc2)ccc1C=C(C#N)C#N. The molecule has 0 unspecified atom stereocenters. The zero-order valence-corrected chi connectivity index (χ0v) is 20.6. The summed E-state index contributed by atoms with van der Waals surface area (Å²) in [5.41, 5.74) is 4.03. The van der Waals surface area contributed by atoms with Gasteiger partial charge in [-0.05, 0) is 65.8 Å². The minimum Gasteiger partial charge on any atom is -0.496 e. The van der Waals surface area contributed by atoms with Crippen molar-refractivity contribution in [3.63, 3.8) is 0 Å². The van der Waals surface area contributed by atoms with Gasteiger partial charge in [0.05, 0.1) is 7.11 Å². The average Bonchev–Trinajstić information content (AvgIpc) is 2.99. The van der Waals surface area contributed by atoms with Gasteiger partial charge >= 0.3 is 0 Å². The van der Waals surface area contributed by atoms with E-state index in [1.807, 2.05) is 71.6 Å². The molecule has 0 aromatic heterocycles. The third-order valence-electron chi connectivity index (χ3n) is 5.42. The highest BCUT2D eigenvalue weighted by atomic mass is 16.5. The summed E-state index contributed by atoms with van der Waals surface area (Å²) in [4.78, 5) is 1.93. The van der Waals surface area contributed by atoms with Crippen LogP contribution < -0.4 is 9.64 Å². The van der Waals surface area contributed by atoms with E-state index in [0.29, 0.717) is 28.1 Å². The summed E-state index contributed by atoms with van der Waals surface area (Å²) in [5.74, 6) is 0.444. The summed E-state index contributed by atoms with van der Waals surface area (Å²) < 4.78 is 5.54. The van der Waals surface area contributed by atoms with Crippen molar-refractivity contribution in [3.05, 3.63) is 100 Å². The summed E-state index contributed by atoms with van der Waals surface area (Å²) >= 11 is 0. The van der Waals surface area contributed by atoms with Crippen molar-refractivity contribution in [2.75, 3.05) is 12.0 Å². The van der Waals surface area contributed by atoms with Crippen LogP contribution in [0.2, 0.25) is 0 Å². The van der Waals surface area contributed by atoms with E-state index in [1.54, 1.807) is 36.4 Å². The van der Waals surface area contributed by atoms with E-state index in [1.165, 1.54) is 25.3 Å². The Kier molecular flexibility index (Phi) is 8.96. The number of anilines is 3. The van der Waals surface area contributed by atoms with Crippen LogP contribution in [-0.2, 0) is 0 Å². The van der Waals surface area contributed by atoms with Crippen LogP contribution >= 0.6 is 0 Å². The number of benzene rings is 3. The first-order chi connectivity index (χ1) is 19.0. The van der Waals surface area contributed by atoms with Gasteiger partial charge in [-0.25, -0.2) is 0 Å². The smallest absolute Gasteiger partial charge is 0.130 e. The van der Waals surface area contributed by atoms with E-state index in [0.717, 1.165) is 11.4 Å². The summed E-state index contributed by atoms with van der Waals surface area (Å²) in [6, 6.07) is 30.8. The van der Waals surface area contributed by atoms with Crippen molar-refractivity contribution in [3.8, 4) is 42.2 Å². The molecule has 3 aromatic rings. The highest BCUT2D eigenvalue weighted by Gasteiger charge is 2.15. The summed E-state index contributed by atoms with van der Waals surface area (Å²) in [5, 5.41) is 54.5. The quantitative estimate of drug-likeness (QED) is 0.333. The van der Waals surface area contributed by atoms with Crippen LogP contribution in [-0.4, -0.2) is 7.11 Å². The number of nitriles is 6. The lowest BCUT2D eigenvalue weighted by Gasteiger charge is -2.26. The van der Waals surface area contributed by atoms with E-state index < -0.39 is 0 Å². The predicted molar refractivity (Wildman–Crippen MR) is 145 cm³/mol. The summed E-state index contributed by atoms with van der Waals surface area (Å²) in [7, 11) is 1.49. The topological polar surface area (TPSA) is 155 Å². The fourth-order valence-electron chi connectivity index (χ4n) is 3.60. The molecule has 3 rings (SSSR count). The molecule has 0 bridgehead atoms. The lowest BCUT2D eigenvalue weighted by molar-refractivity contribution is 0.414. The van der Waals surface area contributed by atoms with Gasteiger partial charge in [-0.3, -0.25) is 0 Å². The highest BCUT2D eigenvalue weighted by molar-refractivity contribution is 5.80. The van der Waals surface area contributed by atoms with Crippen molar-refractivity contribution in [1.82, 2.24) is 0 Å². The zero-order chi connectivity index (χ0) is 28.2. The molecule has 0 aliphatic rings. The van der Waals surface area contributed by atoms with Gasteiger partial charge in [-0.2, -0.15) is 31.6 Å². The molecule has 0 radical (unpaired) electrons. The van der Waals surface area contributed by atoms with E-state index >= 15 is 0 Å². The van der Waals surface area contributed by atoms with Crippen molar-refractivity contribution in [2.24, 2.45) is 0 Å². The van der Waals surface area contributed by atoms with Crippen molar-refractivity contribution in [1.29, 1.82) is 31.6 Å². The first-order valence-corrected chi connectivity index (χ1v) is 11.2. The average molecular weight is 504 g/mol. The Labute approximate surface area is 225 Å². The monoisotopic (exact) mass is 503 g/mol. The molecule has 0 saturated carbocycles. The van der Waals surface area contributed by atoms with Crippen LogP contribution in [0, 0.1) is 68.0 Å². The second-order valence-corrected chi connectivity index (χ2v) is 7.79. The molecule has 0 amide bonds. The van der Waals surface area contributed by atoms with Gasteiger partial charge in [0.15, 0.2) is 0 Å². The number of hydrogen-bond donors (Lipinski definition) is 0. The second kappa shape index (κ2) is 12.9. The van der Waals surface area contributed by atoms with Crippen LogP contribution in [0.25, 0.3) is 18.2 Å². The summed E-state index contributed by atoms with van der Waals surface area (Å²) in [6.07, 6.45) is 4.42. The minimum atomic E-state index is -0.0617. The van der Waals surface area contributed by atoms with Crippen LogP contribution in [0.4, 0.5) is 17.1 Å². The molecule has 0 spiro atoms.